The standard InChI is InChI=1S/C24H34N4O4/c1-30-24(31-2)16-7-9-17(10-8-16)32-18-11-13-28(14-12-18)21-15-20(26-27-23(21)25)19-5-3-4-6-22(19)29/h3-6,15-18,24,29H,7-14H2,1-2H3,(H2,25,27). The Morgan fingerprint density at radius 2 is 1.62 bits per heavy atom. The number of nitrogens with two attached hydrogens (primary N) is 1. The number of ether oxygens (including phenoxy) is 3. The first-order valence-corrected chi connectivity index (χ1v) is 11.5. The van der Waals surface area contributed by atoms with Crippen LogP contribution in [-0.4, -0.2) is 61.1 Å². The van der Waals surface area contributed by atoms with E-state index in [-0.39, 0.29) is 18.1 Å². The Morgan fingerprint density at radius 1 is 0.969 bits per heavy atom. The number of piperidine rings is 1. The molecule has 8 nitrogen and oxygen atoms in total. The van der Waals surface area contributed by atoms with Gasteiger partial charge in [0, 0.05) is 38.8 Å². The summed E-state index contributed by atoms with van der Waals surface area (Å²) in [5, 5.41) is 18.5. The zero-order chi connectivity index (χ0) is 22.5. The summed E-state index contributed by atoms with van der Waals surface area (Å²) in [4.78, 5) is 2.24. The van der Waals surface area contributed by atoms with Gasteiger partial charge in [-0.15, -0.1) is 10.2 Å². The van der Waals surface area contributed by atoms with Crippen LogP contribution in [0.15, 0.2) is 30.3 Å². The lowest BCUT2D eigenvalue weighted by molar-refractivity contribution is -0.153. The molecule has 1 saturated heterocycles. The molecule has 3 N–H and O–H groups in total. The first-order valence-electron chi connectivity index (χ1n) is 11.5. The van der Waals surface area contributed by atoms with Gasteiger partial charge in [0.05, 0.1) is 23.6 Å². The molecule has 1 aromatic heterocycles. The zero-order valence-corrected chi connectivity index (χ0v) is 18.9. The minimum absolute atomic E-state index is 0.110. The predicted molar refractivity (Wildman–Crippen MR) is 123 cm³/mol. The van der Waals surface area contributed by atoms with E-state index in [9.17, 15) is 5.11 Å². The van der Waals surface area contributed by atoms with Crippen LogP contribution >= 0.6 is 0 Å². The van der Waals surface area contributed by atoms with E-state index in [0.717, 1.165) is 57.3 Å². The highest BCUT2D eigenvalue weighted by atomic mass is 16.7. The van der Waals surface area contributed by atoms with Crippen molar-refractivity contribution in [1.29, 1.82) is 0 Å². The first kappa shape index (κ1) is 22.8. The van der Waals surface area contributed by atoms with Crippen molar-refractivity contribution in [3.8, 4) is 17.0 Å². The summed E-state index contributed by atoms with van der Waals surface area (Å²) in [7, 11) is 3.42. The van der Waals surface area contributed by atoms with Crippen LogP contribution in [0.4, 0.5) is 11.5 Å². The highest BCUT2D eigenvalue weighted by Crippen LogP contribution is 2.34. The maximum Gasteiger partial charge on any atom is 0.169 e. The summed E-state index contributed by atoms with van der Waals surface area (Å²) in [6.45, 7) is 1.71. The van der Waals surface area contributed by atoms with E-state index in [4.69, 9.17) is 19.9 Å². The molecule has 0 atom stereocenters. The van der Waals surface area contributed by atoms with Gasteiger partial charge in [0.15, 0.2) is 12.1 Å². The Bertz CT molecular complexity index is 876. The largest absolute Gasteiger partial charge is 0.507 e. The van der Waals surface area contributed by atoms with E-state index < -0.39 is 0 Å². The molecule has 2 aliphatic rings. The minimum Gasteiger partial charge on any atom is -0.507 e. The van der Waals surface area contributed by atoms with E-state index in [0.29, 0.717) is 29.1 Å². The molecule has 8 heteroatoms. The number of phenols is 1. The van der Waals surface area contributed by atoms with Crippen molar-refractivity contribution in [2.75, 3.05) is 37.9 Å². The number of hydrogen-bond donors (Lipinski definition) is 2. The van der Waals surface area contributed by atoms with Crippen LogP contribution < -0.4 is 10.6 Å². The molecule has 1 aliphatic carbocycles. The Labute approximate surface area is 189 Å². The third-order valence-electron chi connectivity index (χ3n) is 6.72. The molecule has 0 bridgehead atoms. The number of methoxy groups -OCH3 is 2. The number of benzene rings is 1. The Balaban J connectivity index is 1.32. The van der Waals surface area contributed by atoms with E-state index in [2.05, 4.69) is 15.1 Å². The summed E-state index contributed by atoms with van der Waals surface area (Å²) in [5.74, 6) is 1.04. The van der Waals surface area contributed by atoms with Crippen LogP contribution in [0.1, 0.15) is 38.5 Å². The molecule has 4 rings (SSSR count). The lowest BCUT2D eigenvalue weighted by Crippen LogP contribution is -2.40. The molecule has 0 unspecified atom stereocenters. The molecular formula is C24H34N4O4. The maximum atomic E-state index is 10.2. The summed E-state index contributed by atoms with van der Waals surface area (Å²) in [6.07, 6.45) is 6.63. The van der Waals surface area contributed by atoms with Gasteiger partial charge in [-0.25, -0.2) is 0 Å². The number of nitrogen functional groups attached to an aromatic ring is 1. The average molecular weight is 443 g/mol. The number of aromatic nitrogens is 2. The predicted octanol–water partition coefficient (Wildman–Crippen LogP) is 3.59. The number of anilines is 2. The van der Waals surface area contributed by atoms with Gasteiger partial charge in [-0.05, 0) is 56.7 Å². The lowest BCUT2D eigenvalue weighted by Gasteiger charge is -2.38. The number of rotatable bonds is 7. The number of phenolic OH excluding ortho intramolecular Hbond substituents is 1. The third-order valence-corrected chi connectivity index (χ3v) is 6.72. The highest BCUT2D eigenvalue weighted by Gasteiger charge is 2.30. The first-order chi connectivity index (χ1) is 15.6. The Morgan fingerprint density at radius 3 is 2.28 bits per heavy atom. The topological polar surface area (TPSA) is 103 Å². The summed E-state index contributed by atoms with van der Waals surface area (Å²) in [5.41, 5.74) is 8.29. The van der Waals surface area contributed by atoms with Gasteiger partial charge in [0.1, 0.15) is 5.75 Å². The molecule has 1 aliphatic heterocycles. The quantitative estimate of drug-likeness (QED) is 0.627. The number of nitrogens with zero attached hydrogens (tertiary/aromatic N) is 3. The minimum atomic E-state index is -0.110. The van der Waals surface area contributed by atoms with Crippen LogP contribution in [0.2, 0.25) is 0 Å². The van der Waals surface area contributed by atoms with Gasteiger partial charge in [-0.3, -0.25) is 0 Å². The molecule has 0 radical (unpaired) electrons. The fourth-order valence-corrected chi connectivity index (χ4v) is 4.95. The van der Waals surface area contributed by atoms with Gasteiger partial charge in [0.2, 0.25) is 0 Å². The molecule has 1 aromatic carbocycles. The van der Waals surface area contributed by atoms with Crippen LogP contribution in [-0.2, 0) is 14.2 Å². The van der Waals surface area contributed by atoms with E-state index in [1.54, 1.807) is 26.4 Å². The average Bonchev–Trinajstić information content (AvgIpc) is 2.82. The van der Waals surface area contributed by atoms with Crippen molar-refractivity contribution in [2.24, 2.45) is 5.92 Å². The van der Waals surface area contributed by atoms with E-state index in [1.165, 1.54) is 0 Å². The van der Waals surface area contributed by atoms with Crippen molar-refractivity contribution in [3.63, 3.8) is 0 Å². The van der Waals surface area contributed by atoms with Crippen molar-refractivity contribution < 1.29 is 19.3 Å². The molecule has 32 heavy (non-hydrogen) atoms. The number of para-hydroxylation sites is 1. The molecule has 0 spiro atoms. The molecule has 174 valence electrons. The van der Waals surface area contributed by atoms with E-state index in [1.807, 2.05) is 18.2 Å². The van der Waals surface area contributed by atoms with Crippen molar-refractivity contribution in [2.45, 2.75) is 57.0 Å². The van der Waals surface area contributed by atoms with Crippen molar-refractivity contribution in [3.05, 3.63) is 30.3 Å². The second-order valence-electron chi connectivity index (χ2n) is 8.72. The van der Waals surface area contributed by atoms with Gasteiger partial charge >= 0.3 is 0 Å². The number of hydrogen-bond acceptors (Lipinski definition) is 8. The third kappa shape index (κ3) is 5.14. The zero-order valence-electron chi connectivity index (χ0n) is 18.9. The van der Waals surface area contributed by atoms with Gasteiger partial charge < -0.3 is 30.0 Å². The summed E-state index contributed by atoms with van der Waals surface area (Å²) >= 11 is 0. The lowest BCUT2D eigenvalue weighted by atomic mass is 9.86. The molecule has 2 heterocycles. The summed E-state index contributed by atoms with van der Waals surface area (Å²) in [6, 6.07) is 9.05. The molecular weight excluding hydrogens is 408 g/mol. The van der Waals surface area contributed by atoms with Crippen molar-refractivity contribution in [1.82, 2.24) is 10.2 Å². The fourth-order valence-electron chi connectivity index (χ4n) is 4.95. The fraction of sp³-hybridized carbons (Fsp3) is 0.583. The van der Waals surface area contributed by atoms with Gasteiger partial charge in [-0.1, -0.05) is 12.1 Å². The van der Waals surface area contributed by atoms with Crippen LogP contribution in [0, 0.1) is 5.92 Å². The van der Waals surface area contributed by atoms with Gasteiger partial charge in [0.25, 0.3) is 0 Å². The number of aromatic hydroxyl groups is 1. The van der Waals surface area contributed by atoms with Gasteiger partial charge in [-0.2, -0.15) is 0 Å². The Hall–Kier alpha value is -2.42. The second-order valence-corrected chi connectivity index (χ2v) is 8.72. The molecule has 1 saturated carbocycles. The molecule has 2 fully saturated rings. The molecule has 0 amide bonds. The molecule has 2 aromatic rings. The Kier molecular flexibility index (Phi) is 7.44. The van der Waals surface area contributed by atoms with E-state index >= 15 is 0 Å². The van der Waals surface area contributed by atoms with Crippen LogP contribution in [0.25, 0.3) is 11.3 Å². The summed E-state index contributed by atoms with van der Waals surface area (Å²) < 4.78 is 17.3. The van der Waals surface area contributed by atoms with Crippen LogP contribution in [0.3, 0.4) is 0 Å². The second kappa shape index (κ2) is 10.5. The highest BCUT2D eigenvalue weighted by molar-refractivity contribution is 5.74. The maximum absolute atomic E-state index is 10.2. The SMILES string of the molecule is COC(OC)C1CCC(OC2CCN(c3cc(-c4ccccc4O)nnc3N)CC2)CC1. The normalized spacial score (nSPS) is 22.4. The van der Waals surface area contributed by atoms with Crippen molar-refractivity contribution >= 4 is 11.5 Å². The smallest absolute Gasteiger partial charge is 0.169 e. The van der Waals surface area contributed by atoms with Crippen LogP contribution in [0.5, 0.6) is 5.75 Å². The monoisotopic (exact) mass is 442 g/mol.